The molecule has 0 radical (unpaired) electrons. The molecule has 0 amide bonds. The Bertz CT molecular complexity index is 297. The molecule has 2 unspecified atom stereocenters. The van der Waals surface area contributed by atoms with E-state index in [9.17, 15) is 8.42 Å². The van der Waals surface area contributed by atoms with Crippen LogP contribution in [0.1, 0.15) is 33.6 Å². The lowest BCUT2D eigenvalue weighted by molar-refractivity contribution is 0.520. The predicted octanol–water partition coefficient (Wildman–Crippen LogP) is 1.20. The molecule has 3 nitrogen and oxygen atoms in total. The van der Waals surface area contributed by atoms with Crippen molar-refractivity contribution in [2.24, 2.45) is 5.92 Å². The van der Waals surface area contributed by atoms with Crippen LogP contribution < -0.4 is 5.32 Å². The maximum atomic E-state index is 11.7. The molecule has 14 heavy (non-hydrogen) atoms. The summed E-state index contributed by atoms with van der Waals surface area (Å²) in [6, 6.07) is 0.353. The third-order valence-corrected chi connectivity index (χ3v) is 5.34. The Morgan fingerprint density at radius 1 is 1.50 bits per heavy atom. The van der Waals surface area contributed by atoms with Crippen molar-refractivity contribution in [1.82, 2.24) is 5.32 Å². The van der Waals surface area contributed by atoms with Crippen LogP contribution in [0.4, 0.5) is 0 Å². The van der Waals surface area contributed by atoms with Crippen molar-refractivity contribution in [3.8, 4) is 0 Å². The van der Waals surface area contributed by atoms with E-state index in [1.165, 1.54) is 6.26 Å². The van der Waals surface area contributed by atoms with Gasteiger partial charge in [0.15, 0.2) is 9.84 Å². The lowest BCUT2D eigenvalue weighted by atomic mass is 10.2. The van der Waals surface area contributed by atoms with Crippen molar-refractivity contribution < 1.29 is 8.42 Å². The summed E-state index contributed by atoms with van der Waals surface area (Å²) in [5.41, 5.74) is 0. The average molecular weight is 219 g/mol. The molecule has 0 aromatic rings. The van der Waals surface area contributed by atoms with Gasteiger partial charge in [0.2, 0.25) is 0 Å². The fraction of sp³-hybridized carbons (Fsp3) is 1.00. The zero-order chi connectivity index (χ0) is 11.0. The van der Waals surface area contributed by atoms with E-state index < -0.39 is 14.6 Å². The fourth-order valence-electron chi connectivity index (χ4n) is 2.05. The first-order chi connectivity index (χ1) is 6.33. The molecule has 0 heterocycles. The molecule has 1 N–H and O–H groups in total. The summed E-state index contributed by atoms with van der Waals surface area (Å²) in [4.78, 5) is 0. The topological polar surface area (TPSA) is 46.2 Å². The Labute approximate surface area is 87.2 Å². The summed E-state index contributed by atoms with van der Waals surface area (Å²) in [6.45, 7) is 6.76. The second-order valence-electron chi connectivity index (χ2n) is 4.68. The first-order valence-electron chi connectivity index (χ1n) is 5.26. The first-order valence-corrected chi connectivity index (χ1v) is 7.15. The second kappa shape index (κ2) is 3.81. The molecule has 0 aromatic heterocycles. The van der Waals surface area contributed by atoms with Gasteiger partial charge in [0.1, 0.15) is 0 Å². The molecule has 0 aliphatic heterocycles. The molecule has 1 aliphatic carbocycles. The van der Waals surface area contributed by atoms with Crippen LogP contribution in [0.5, 0.6) is 0 Å². The van der Waals surface area contributed by atoms with Crippen LogP contribution in [0.3, 0.4) is 0 Å². The van der Waals surface area contributed by atoms with Gasteiger partial charge in [-0.1, -0.05) is 27.2 Å². The van der Waals surface area contributed by atoms with Crippen molar-refractivity contribution in [1.29, 1.82) is 0 Å². The van der Waals surface area contributed by atoms with E-state index in [1.807, 2.05) is 13.8 Å². The van der Waals surface area contributed by atoms with E-state index in [0.717, 1.165) is 12.8 Å². The minimum absolute atomic E-state index is 0.353. The maximum absolute atomic E-state index is 11.7. The van der Waals surface area contributed by atoms with Crippen LogP contribution in [0.2, 0.25) is 0 Å². The summed E-state index contributed by atoms with van der Waals surface area (Å²) in [5.74, 6) is 0.365. The molecular formula is C10H21NO2S. The average Bonchev–Trinajstić information content (AvgIpc) is 2.74. The van der Waals surface area contributed by atoms with E-state index in [-0.39, 0.29) is 0 Å². The molecule has 0 spiro atoms. The first kappa shape index (κ1) is 12.0. The lowest BCUT2D eigenvalue weighted by Gasteiger charge is -2.18. The van der Waals surface area contributed by atoms with Gasteiger partial charge in [-0.25, -0.2) is 8.42 Å². The zero-order valence-electron chi connectivity index (χ0n) is 9.50. The molecular weight excluding hydrogens is 198 g/mol. The number of hydrogen-bond donors (Lipinski definition) is 1. The molecule has 0 aromatic carbocycles. The molecule has 0 bridgehead atoms. The quantitative estimate of drug-likeness (QED) is 0.755. The van der Waals surface area contributed by atoms with Crippen molar-refractivity contribution in [3.63, 3.8) is 0 Å². The van der Waals surface area contributed by atoms with Crippen molar-refractivity contribution in [2.75, 3.05) is 12.8 Å². The van der Waals surface area contributed by atoms with Gasteiger partial charge in [-0.3, -0.25) is 0 Å². The highest BCUT2D eigenvalue weighted by Gasteiger charge is 2.60. The van der Waals surface area contributed by atoms with Crippen LogP contribution in [0.15, 0.2) is 0 Å². The molecule has 1 saturated carbocycles. The van der Waals surface area contributed by atoms with E-state index in [4.69, 9.17) is 0 Å². The van der Waals surface area contributed by atoms with Crippen molar-refractivity contribution in [3.05, 3.63) is 0 Å². The number of rotatable bonds is 5. The van der Waals surface area contributed by atoms with Crippen LogP contribution in [-0.4, -0.2) is 32.0 Å². The van der Waals surface area contributed by atoms with E-state index in [1.54, 1.807) is 0 Å². The molecule has 1 aliphatic rings. The van der Waals surface area contributed by atoms with Gasteiger partial charge in [-0.05, 0) is 12.3 Å². The molecule has 2 atom stereocenters. The third-order valence-electron chi connectivity index (χ3n) is 3.22. The summed E-state index contributed by atoms with van der Waals surface area (Å²) in [6.07, 6.45) is 3.17. The van der Waals surface area contributed by atoms with Crippen LogP contribution >= 0.6 is 0 Å². The van der Waals surface area contributed by atoms with Crippen molar-refractivity contribution in [2.45, 2.75) is 44.4 Å². The highest BCUT2D eigenvalue weighted by Crippen LogP contribution is 2.51. The normalized spacial score (nSPS) is 32.2. The number of hydrogen-bond acceptors (Lipinski definition) is 3. The van der Waals surface area contributed by atoms with E-state index in [2.05, 4.69) is 12.2 Å². The Balaban J connectivity index is 2.68. The highest BCUT2D eigenvalue weighted by atomic mass is 32.2. The van der Waals surface area contributed by atoms with Gasteiger partial charge in [0.25, 0.3) is 0 Å². The van der Waals surface area contributed by atoms with Crippen LogP contribution in [-0.2, 0) is 9.84 Å². The Kier molecular flexibility index (Phi) is 3.26. The number of nitrogens with one attached hydrogen (secondary N) is 1. The molecule has 1 rings (SSSR count). The van der Waals surface area contributed by atoms with Crippen LogP contribution in [0.25, 0.3) is 0 Å². The Hall–Kier alpha value is -0.0900. The van der Waals surface area contributed by atoms with Crippen LogP contribution in [0, 0.1) is 5.92 Å². The van der Waals surface area contributed by atoms with Gasteiger partial charge in [-0.15, -0.1) is 0 Å². The van der Waals surface area contributed by atoms with Gasteiger partial charge >= 0.3 is 0 Å². The van der Waals surface area contributed by atoms with Gasteiger partial charge in [0.05, 0.1) is 4.75 Å². The molecule has 0 saturated heterocycles. The molecule has 4 heteroatoms. The van der Waals surface area contributed by atoms with Crippen molar-refractivity contribution >= 4 is 9.84 Å². The minimum Gasteiger partial charge on any atom is -0.313 e. The van der Waals surface area contributed by atoms with E-state index in [0.29, 0.717) is 18.5 Å². The van der Waals surface area contributed by atoms with Gasteiger partial charge in [-0.2, -0.15) is 0 Å². The largest absolute Gasteiger partial charge is 0.313 e. The fourth-order valence-corrected chi connectivity index (χ4v) is 3.67. The zero-order valence-corrected chi connectivity index (χ0v) is 10.3. The van der Waals surface area contributed by atoms with Gasteiger partial charge in [0, 0.05) is 18.8 Å². The highest BCUT2D eigenvalue weighted by molar-refractivity contribution is 7.92. The Morgan fingerprint density at radius 2 is 2.07 bits per heavy atom. The molecule has 1 fully saturated rings. The SMILES string of the molecule is CCC1CC1(CNC(C)C)S(C)(=O)=O. The predicted molar refractivity (Wildman–Crippen MR) is 59.1 cm³/mol. The number of sulfone groups is 1. The van der Waals surface area contributed by atoms with Gasteiger partial charge < -0.3 is 5.32 Å². The minimum atomic E-state index is -2.91. The second-order valence-corrected chi connectivity index (χ2v) is 7.04. The maximum Gasteiger partial charge on any atom is 0.154 e. The summed E-state index contributed by atoms with van der Waals surface area (Å²) in [7, 11) is -2.91. The smallest absolute Gasteiger partial charge is 0.154 e. The summed E-state index contributed by atoms with van der Waals surface area (Å²) in [5, 5.41) is 3.24. The third kappa shape index (κ3) is 2.11. The standard InChI is InChI=1S/C10H21NO2S/c1-5-9-6-10(9,14(4,12)13)7-11-8(2)3/h8-9,11H,5-7H2,1-4H3. The lowest BCUT2D eigenvalue weighted by Crippen LogP contribution is -2.39. The summed E-state index contributed by atoms with van der Waals surface area (Å²) >= 11 is 0. The summed E-state index contributed by atoms with van der Waals surface area (Å²) < 4.78 is 22.9. The Morgan fingerprint density at radius 3 is 2.36 bits per heavy atom. The van der Waals surface area contributed by atoms with E-state index >= 15 is 0 Å². The monoisotopic (exact) mass is 219 g/mol. The molecule has 84 valence electrons.